The lowest BCUT2D eigenvalue weighted by Gasteiger charge is -2.17. The van der Waals surface area contributed by atoms with E-state index in [2.05, 4.69) is 4.98 Å². The third-order valence-corrected chi connectivity index (χ3v) is 3.26. The van der Waals surface area contributed by atoms with E-state index in [1.165, 1.54) is 30.7 Å². The summed E-state index contributed by atoms with van der Waals surface area (Å²) in [5.41, 5.74) is -0.978. The van der Waals surface area contributed by atoms with Crippen LogP contribution in [0.25, 0.3) is 0 Å². The third-order valence-electron chi connectivity index (χ3n) is 3.26. The van der Waals surface area contributed by atoms with Gasteiger partial charge in [-0.25, -0.2) is 4.79 Å². The van der Waals surface area contributed by atoms with Gasteiger partial charge >= 0.3 is 17.6 Å². The zero-order valence-electron chi connectivity index (χ0n) is 11.7. The molecule has 3 unspecified atom stereocenters. The SMILES string of the molecule is CC(=O)OCC(OC(C)=O)C1CC1n1ccc(=O)[nH]c1=O. The smallest absolute Gasteiger partial charge is 0.328 e. The van der Waals surface area contributed by atoms with E-state index in [9.17, 15) is 19.2 Å². The zero-order chi connectivity index (χ0) is 15.6. The standard InChI is InChI=1S/C13H16N2O6/c1-7(16)20-6-11(21-8(2)17)9-5-10(9)15-4-3-12(18)14-13(15)19/h3-4,9-11H,5-6H2,1-2H3,(H,14,18,19). The van der Waals surface area contributed by atoms with E-state index < -0.39 is 29.3 Å². The normalized spacial score (nSPS) is 21.4. The molecule has 0 bridgehead atoms. The van der Waals surface area contributed by atoms with Crippen LogP contribution in [0.4, 0.5) is 0 Å². The highest BCUT2D eigenvalue weighted by Crippen LogP contribution is 2.45. The van der Waals surface area contributed by atoms with Crippen LogP contribution in [0.1, 0.15) is 26.3 Å². The molecular formula is C13H16N2O6. The summed E-state index contributed by atoms with van der Waals surface area (Å²) < 4.78 is 11.4. The lowest BCUT2D eigenvalue weighted by molar-refractivity contribution is -0.157. The molecule has 0 radical (unpaired) electrons. The number of carbonyl (C=O) groups excluding carboxylic acids is 2. The number of rotatable bonds is 5. The summed E-state index contributed by atoms with van der Waals surface area (Å²) in [6.07, 6.45) is 1.41. The van der Waals surface area contributed by atoms with Crippen LogP contribution in [-0.2, 0) is 19.1 Å². The fourth-order valence-electron chi connectivity index (χ4n) is 2.27. The number of carbonyl (C=O) groups is 2. The molecule has 8 heteroatoms. The number of H-pyrrole nitrogens is 1. The van der Waals surface area contributed by atoms with E-state index in [1.54, 1.807) is 0 Å². The van der Waals surface area contributed by atoms with Crippen molar-refractivity contribution in [1.29, 1.82) is 0 Å². The second-order valence-electron chi connectivity index (χ2n) is 4.93. The Morgan fingerprint density at radius 2 is 2.10 bits per heavy atom. The molecule has 1 aromatic heterocycles. The number of esters is 2. The maximum Gasteiger partial charge on any atom is 0.328 e. The highest BCUT2D eigenvalue weighted by molar-refractivity contribution is 5.67. The molecule has 0 spiro atoms. The molecular weight excluding hydrogens is 280 g/mol. The number of aromatic amines is 1. The van der Waals surface area contributed by atoms with Crippen molar-refractivity contribution in [3.63, 3.8) is 0 Å². The quantitative estimate of drug-likeness (QED) is 0.740. The zero-order valence-corrected chi connectivity index (χ0v) is 11.7. The van der Waals surface area contributed by atoms with Crippen LogP contribution in [0.5, 0.6) is 0 Å². The minimum atomic E-state index is -0.602. The monoisotopic (exact) mass is 296 g/mol. The molecule has 1 fully saturated rings. The molecule has 1 aromatic rings. The van der Waals surface area contributed by atoms with Crippen molar-refractivity contribution < 1.29 is 19.1 Å². The first-order valence-corrected chi connectivity index (χ1v) is 6.50. The Balaban J connectivity index is 2.09. The van der Waals surface area contributed by atoms with Crippen LogP contribution in [0.2, 0.25) is 0 Å². The van der Waals surface area contributed by atoms with Gasteiger partial charge in [0, 0.05) is 38.1 Å². The maximum absolute atomic E-state index is 11.7. The maximum atomic E-state index is 11.7. The van der Waals surface area contributed by atoms with Crippen molar-refractivity contribution in [2.75, 3.05) is 6.61 Å². The number of hydrogen-bond donors (Lipinski definition) is 1. The summed E-state index contributed by atoms with van der Waals surface area (Å²) in [5.74, 6) is -1.07. The predicted molar refractivity (Wildman–Crippen MR) is 70.7 cm³/mol. The van der Waals surface area contributed by atoms with Gasteiger partial charge in [-0.05, 0) is 6.42 Å². The first-order valence-electron chi connectivity index (χ1n) is 6.50. The van der Waals surface area contributed by atoms with Crippen molar-refractivity contribution in [1.82, 2.24) is 9.55 Å². The largest absolute Gasteiger partial charge is 0.462 e. The van der Waals surface area contributed by atoms with Gasteiger partial charge in [-0.1, -0.05) is 0 Å². The van der Waals surface area contributed by atoms with Crippen LogP contribution in [-0.4, -0.2) is 34.2 Å². The number of aromatic nitrogens is 2. The second-order valence-corrected chi connectivity index (χ2v) is 4.93. The van der Waals surface area contributed by atoms with E-state index in [4.69, 9.17) is 9.47 Å². The predicted octanol–water partition coefficient (Wildman–Crippen LogP) is -0.408. The van der Waals surface area contributed by atoms with Crippen molar-refractivity contribution >= 4 is 11.9 Å². The molecule has 2 rings (SSSR count). The Kier molecular flexibility index (Phi) is 4.25. The highest BCUT2D eigenvalue weighted by Gasteiger charge is 2.47. The number of hydrogen-bond acceptors (Lipinski definition) is 6. The molecule has 1 N–H and O–H groups in total. The molecule has 0 amide bonds. The molecule has 0 saturated heterocycles. The van der Waals surface area contributed by atoms with Gasteiger partial charge in [0.2, 0.25) is 0 Å². The Morgan fingerprint density at radius 3 is 2.67 bits per heavy atom. The van der Waals surface area contributed by atoms with Crippen LogP contribution in [0.15, 0.2) is 21.9 Å². The summed E-state index contributed by atoms with van der Waals surface area (Å²) in [6.45, 7) is 2.49. The van der Waals surface area contributed by atoms with E-state index >= 15 is 0 Å². The number of nitrogens with one attached hydrogen (secondary N) is 1. The third kappa shape index (κ3) is 3.80. The number of nitrogens with zero attached hydrogens (tertiary/aromatic N) is 1. The van der Waals surface area contributed by atoms with Crippen LogP contribution in [0.3, 0.4) is 0 Å². The number of ether oxygens (including phenoxy) is 2. The average molecular weight is 296 g/mol. The van der Waals surface area contributed by atoms with Gasteiger partial charge in [0.05, 0.1) is 0 Å². The van der Waals surface area contributed by atoms with Gasteiger partial charge in [0.15, 0.2) is 0 Å². The molecule has 21 heavy (non-hydrogen) atoms. The first kappa shape index (κ1) is 15.0. The van der Waals surface area contributed by atoms with E-state index in [0.29, 0.717) is 6.42 Å². The highest BCUT2D eigenvalue weighted by atomic mass is 16.6. The molecule has 0 aromatic carbocycles. The summed E-state index contributed by atoms with van der Waals surface area (Å²) >= 11 is 0. The van der Waals surface area contributed by atoms with Gasteiger partial charge in [-0.3, -0.25) is 23.9 Å². The van der Waals surface area contributed by atoms with Gasteiger partial charge in [0.25, 0.3) is 5.56 Å². The Morgan fingerprint density at radius 1 is 1.38 bits per heavy atom. The molecule has 1 aliphatic rings. The van der Waals surface area contributed by atoms with Crippen molar-refractivity contribution in [2.45, 2.75) is 32.4 Å². The van der Waals surface area contributed by atoms with Crippen LogP contribution in [0, 0.1) is 5.92 Å². The van der Waals surface area contributed by atoms with Crippen LogP contribution < -0.4 is 11.2 Å². The molecule has 114 valence electrons. The van der Waals surface area contributed by atoms with E-state index in [1.807, 2.05) is 0 Å². The molecule has 0 aliphatic heterocycles. The molecule has 1 aliphatic carbocycles. The molecule has 1 heterocycles. The Bertz CT molecular complexity index is 661. The first-order chi connectivity index (χ1) is 9.88. The summed E-state index contributed by atoms with van der Waals surface area (Å²) in [5, 5.41) is 0. The molecule has 8 nitrogen and oxygen atoms in total. The second kappa shape index (κ2) is 5.94. The lowest BCUT2D eigenvalue weighted by atomic mass is 10.2. The minimum Gasteiger partial charge on any atom is -0.462 e. The van der Waals surface area contributed by atoms with Gasteiger partial charge in [0.1, 0.15) is 12.7 Å². The van der Waals surface area contributed by atoms with Gasteiger partial charge < -0.3 is 9.47 Å². The van der Waals surface area contributed by atoms with Crippen molar-refractivity contribution in [3.8, 4) is 0 Å². The van der Waals surface area contributed by atoms with E-state index in [0.717, 1.165) is 0 Å². The summed E-state index contributed by atoms with van der Waals surface area (Å²) in [7, 11) is 0. The van der Waals surface area contributed by atoms with Gasteiger partial charge in [-0.15, -0.1) is 0 Å². The molecule has 1 saturated carbocycles. The summed E-state index contributed by atoms with van der Waals surface area (Å²) in [6, 6.07) is 1.07. The fraction of sp³-hybridized carbons (Fsp3) is 0.538. The Labute approximate surface area is 119 Å². The van der Waals surface area contributed by atoms with Gasteiger partial charge in [-0.2, -0.15) is 0 Å². The van der Waals surface area contributed by atoms with Crippen LogP contribution >= 0.6 is 0 Å². The lowest BCUT2D eigenvalue weighted by Crippen LogP contribution is -2.31. The average Bonchev–Trinajstić information content (AvgIpc) is 3.14. The fourth-order valence-corrected chi connectivity index (χ4v) is 2.27. The van der Waals surface area contributed by atoms with Crippen molar-refractivity contribution in [2.24, 2.45) is 5.92 Å². The molecule has 3 atom stereocenters. The minimum absolute atomic E-state index is 0.0474. The summed E-state index contributed by atoms with van der Waals surface area (Å²) in [4.78, 5) is 46.9. The Hall–Kier alpha value is -2.38. The topological polar surface area (TPSA) is 107 Å². The van der Waals surface area contributed by atoms with E-state index in [-0.39, 0.29) is 18.6 Å². The van der Waals surface area contributed by atoms with Crippen molar-refractivity contribution in [3.05, 3.63) is 33.1 Å².